The second-order valence-corrected chi connectivity index (χ2v) is 3.87. The van der Waals surface area contributed by atoms with E-state index < -0.39 is 0 Å². The normalized spacial score (nSPS) is 55.2. The molecular weight excluding hydrogens is 156 g/mol. The van der Waals surface area contributed by atoms with Crippen molar-refractivity contribution in [2.45, 2.75) is 56.9 Å². The van der Waals surface area contributed by atoms with Gasteiger partial charge in [0.2, 0.25) is 5.79 Å². The third-order valence-corrected chi connectivity index (χ3v) is 3.01. The summed E-state index contributed by atoms with van der Waals surface area (Å²) in [5.74, 6) is -0.293. The molecule has 0 N–H and O–H groups in total. The summed E-state index contributed by atoms with van der Waals surface area (Å²) in [6.45, 7) is 2.17. The highest BCUT2D eigenvalue weighted by Gasteiger charge is 2.70. The summed E-state index contributed by atoms with van der Waals surface area (Å²) in [6.07, 6.45) is 4.90. The number of fused-ring (bicyclic) bond motifs is 1. The minimum atomic E-state index is -0.293. The molecule has 3 nitrogen and oxygen atoms in total. The quantitative estimate of drug-likeness (QED) is 0.587. The molecule has 2 bridgehead atoms. The van der Waals surface area contributed by atoms with Crippen LogP contribution in [0.3, 0.4) is 0 Å². The summed E-state index contributed by atoms with van der Waals surface area (Å²) in [6, 6.07) is 0. The van der Waals surface area contributed by atoms with Gasteiger partial charge >= 0.3 is 0 Å². The van der Waals surface area contributed by atoms with Crippen LogP contribution in [0.25, 0.3) is 0 Å². The molecule has 3 heterocycles. The molecule has 3 aliphatic rings. The van der Waals surface area contributed by atoms with Crippen LogP contribution >= 0.6 is 0 Å². The van der Waals surface area contributed by atoms with Crippen molar-refractivity contribution >= 4 is 0 Å². The molecule has 3 heteroatoms. The first-order valence-electron chi connectivity index (χ1n) is 4.86. The summed E-state index contributed by atoms with van der Waals surface area (Å²) in [5, 5.41) is 0. The van der Waals surface area contributed by atoms with Crippen LogP contribution in [0.2, 0.25) is 0 Å². The van der Waals surface area contributed by atoms with E-state index in [0.717, 1.165) is 25.7 Å². The van der Waals surface area contributed by atoms with Crippen LogP contribution in [0, 0.1) is 0 Å². The van der Waals surface area contributed by atoms with Crippen LogP contribution < -0.4 is 0 Å². The third kappa shape index (κ3) is 0.767. The lowest BCUT2D eigenvalue weighted by Gasteiger charge is -2.13. The number of hydrogen-bond donors (Lipinski definition) is 0. The second kappa shape index (κ2) is 2.22. The summed E-state index contributed by atoms with van der Waals surface area (Å²) < 4.78 is 17.0. The Morgan fingerprint density at radius 2 is 2.25 bits per heavy atom. The second-order valence-electron chi connectivity index (χ2n) is 3.87. The molecule has 4 atom stereocenters. The van der Waals surface area contributed by atoms with E-state index in [4.69, 9.17) is 14.2 Å². The van der Waals surface area contributed by atoms with Crippen molar-refractivity contribution in [1.82, 2.24) is 0 Å². The Balaban J connectivity index is 1.80. The number of epoxide rings is 1. The molecule has 0 amide bonds. The summed E-state index contributed by atoms with van der Waals surface area (Å²) in [4.78, 5) is 0. The lowest BCUT2D eigenvalue weighted by molar-refractivity contribution is -0.0978. The molecule has 0 aromatic heterocycles. The first-order chi connectivity index (χ1) is 5.85. The lowest BCUT2D eigenvalue weighted by Crippen LogP contribution is -2.30. The highest BCUT2D eigenvalue weighted by molar-refractivity contribution is 5.07. The van der Waals surface area contributed by atoms with Crippen molar-refractivity contribution in [1.29, 1.82) is 0 Å². The van der Waals surface area contributed by atoms with Gasteiger partial charge in [0.1, 0.15) is 12.2 Å². The zero-order valence-corrected chi connectivity index (χ0v) is 7.29. The van der Waals surface area contributed by atoms with Crippen LogP contribution in [0.1, 0.15) is 32.6 Å². The molecule has 3 aliphatic heterocycles. The van der Waals surface area contributed by atoms with Crippen molar-refractivity contribution in [3.63, 3.8) is 0 Å². The first kappa shape index (κ1) is 7.30. The van der Waals surface area contributed by atoms with Gasteiger partial charge in [-0.1, -0.05) is 13.3 Å². The molecule has 68 valence electrons. The monoisotopic (exact) mass is 170 g/mol. The maximum Gasteiger partial charge on any atom is 0.224 e. The Morgan fingerprint density at radius 1 is 1.33 bits per heavy atom. The predicted molar refractivity (Wildman–Crippen MR) is 41.5 cm³/mol. The van der Waals surface area contributed by atoms with Gasteiger partial charge in [-0.05, 0) is 12.8 Å². The zero-order chi connectivity index (χ0) is 8.18. The summed E-state index contributed by atoms with van der Waals surface area (Å²) in [7, 11) is 0. The van der Waals surface area contributed by atoms with Gasteiger partial charge in [0.05, 0.1) is 0 Å². The van der Waals surface area contributed by atoms with Crippen molar-refractivity contribution in [3.05, 3.63) is 0 Å². The van der Waals surface area contributed by atoms with E-state index in [-0.39, 0.29) is 18.2 Å². The first-order valence-corrected chi connectivity index (χ1v) is 4.86. The number of rotatable bonds is 2. The molecule has 3 saturated heterocycles. The largest absolute Gasteiger partial charge is 0.344 e. The maximum atomic E-state index is 5.72. The average Bonchev–Trinajstić information content (AvgIpc) is 2.70. The van der Waals surface area contributed by atoms with Gasteiger partial charge < -0.3 is 14.2 Å². The molecule has 0 radical (unpaired) electrons. The number of hydrogen-bond acceptors (Lipinski definition) is 3. The van der Waals surface area contributed by atoms with Gasteiger partial charge in [-0.25, -0.2) is 0 Å². The van der Waals surface area contributed by atoms with E-state index in [2.05, 4.69) is 6.92 Å². The smallest absolute Gasteiger partial charge is 0.224 e. The van der Waals surface area contributed by atoms with Crippen molar-refractivity contribution < 1.29 is 14.2 Å². The minimum Gasteiger partial charge on any atom is -0.344 e. The van der Waals surface area contributed by atoms with Crippen molar-refractivity contribution in [3.8, 4) is 0 Å². The predicted octanol–water partition coefficient (Wildman–Crippen LogP) is 1.42. The fourth-order valence-electron chi connectivity index (χ4n) is 2.37. The molecule has 0 aromatic rings. The number of ether oxygens (including phenoxy) is 3. The van der Waals surface area contributed by atoms with Gasteiger partial charge in [-0.3, -0.25) is 0 Å². The van der Waals surface area contributed by atoms with E-state index in [1.54, 1.807) is 0 Å². The van der Waals surface area contributed by atoms with Gasteiger partial charge in [0.25, 0.3) is 0 Å². The van der Waals surface area contributed by atoms with Gasteiger partial charge in [0, 0.05) is 6.42 Å². The van der Waals surface area contributed by atoms with Crippen LogP contribution in [-0.2, 0) is 14.2 Å². The zero-order valence-electron chi connectivity index (χ0n) is 7.29. The Labute approximate surface area is 72.0 Å². The molecule has 0 aromatic carbocycles. The van der Waals surface area contributed by atoms with Crippen LogP contribution in [-0.4, -0.2) is 24.3 Å². The Kier molecular flexibility index (Phi) is 1.35. The summed E-state index contributed by atoms with van der Waals surface area (Å²) >= 11 is 0. The fourth-order valence-corrected chi connectivity index (χ4v) is 2.37. The lowest BCUT2D eigenvalue weighted by atomic mass is 10.0. The van der Waals surface area contributed by atoms with E-state index in [1.807, 2.05) is 0 Å². The van der Waals surface area contributed by atoms with Crippen molar-refractivity contribution in [2.75, 3.05) is 0 Å². The average molecular weight is 170 g/mol. The molecule has 1 spiro atoms. The highest BCUT2D eigenvalue weighted by atomic mass is 16.9. The van der Waals surface area contributed by atoms with Crippen LogP contribution in [0.15, 0.2) is 0 Å². The van der Waals surface area contributed by atoms with Crippen LogP contribution in [0.5, 0.6) is 0 Å². The molecule has 3 fully saturated rings. The molecule has 0 aliphatic carbocycles. The molecule has 4 unspecified atom stereocenters. The molecule has 12 heavy (non-hydrogen) atoms. The fraction of sp³-hybridized carbons (Fsp3) is 1.00. The highest BCUT2D eigenvalue weighted by Crippen LogP contribution is 2.55. The van der Waals surface area contributed by atoms with E-state index in [0.29, 0.717) is 6.10 Å². The minimum absolute atomic E-state index is 0.0281. The van der Waals surface area contributed by atoms with Gasteiger partial charge in [0.15, 0.2) is 6.29 Å². The van der Waals surface area contributed by atoms with Gasteiger partial charge in [-0.2, -0.15) is 0 Å². The van der Waals surface area contributed by atoms with Crippen molar-refractivity contribution in [2.24, 2.45) is 0 Å². The molecule has 3 rings (SSSR count). The maximum absolute atomic E-state index is 5.72. The van der Waals surface area contributed by atoms with Crippen LogP contribution in [0.4, 0.5) is 0 Å². The Morgan fingerprint density at radius 3 is 3.08 bits per heavy atom. The third-order valence-electron chi connectivity index (χ3n) is 3.01. The Hall–Kier alpha value is -0.120. The van der Waals surface area contributed by atoms with E-state index in [9.17, 15) is 0 Å². The van der Waals surface area contributed by atoms with Gasteiger partial charge in [-0.15, -0.1) is 0 Å². The van der Waals surface area contributed by atoms with E-state index in [1.165, 1.54) is 0 Å². The SMILES string of the molecule is CCCC1OC2CCC3OC13O2. The summed E-state index contributed by atoms with van der Waals surface area (Å²) in [5.41, 5.74) is 0. The standard InChI is InChI=1S/C9H14O3/c1-2-3-6-9-7(11-9)4-5-8(10-6)12-9/h6-8H,2-5H2,1H3. The molecular formula is C9H14O3. The van der Waals surface area contributed by atoms with E-state index >= 15 is 0 Å². The Bertz CT molecular complexity index is 204. The topological polar surface area (TPSA) is 31.0 Å². The molecule has 0 saturated carbocycles.